The minimum atomic E-state index is -0.268. The zero-order valence-corrected chi connectivity index (χ0v) is 13.0. The number of carbonyl (C=O) groups is 1. The fourth-order valence-corrected chi connectivity index (χ4v) is 2.18. The van der Waals surface area contributed by atoms with Crippen LogP contribution in [0.4, 0.5) is 11.4 Å². The summed E-state index contributed by atoms with van der Waals surface area (Å²) < 4.78 is 11.2. The molecule has 2 rings (SSSR count). The van der Waals surface area contributed by atoms with Gasteiger partial charge in [0.2, 0.25) is 0 Å². The second-order valence-corrected chi connectivity index (χ2v) is 5.08. The number of rotatable bonds is 5. The van der Waals surface area contributed by atoms with Crippen molar-refractivity contribution in [3.63, 3.8) is 0 Å². The van der Waals surface area contributed by atoms with Crippen LogP contribution in [0.3, 0.4) is 0 Å². The largest absolute Gasteiger partial charge is 0.497 e. The lowest BCUT2D eigenvalue weighted by Gasteiger charge is -2.11. The normalized spacial score (nSPS) is 10.0. The highest BCUT2D eigenvalue weighted by atomic mass is 79.9. The Bertz CT molecular complexity index is 609. The molecule has 0 aliphatic carbocycles. The van der Waals surface area contributed by atoms with Gasteiger partial charge in [0.15, 0.2) is 12.4 Å². The third-order valence-electron chi connectivity index (χ3n) is 2.72. The van der Waals surface area contributed by atoms with Crippen LogP contribution in [-0.2, 0) is 4.79 Å². The molecule has 2 aromatic carbocycles. The van der Waals surface area contributed by atoms with E-state index >= 15 is 0 Å². The third kappa shape index (κ3) is 4.13. The molecule has 0 aromatic heterocycles. The molecule has 0 aliphatic heterocycles. The van der Waals surface area contributed by atoms with Gasteiger partial charge in [-0.05, 0) is 52.3 Å². The number of amides is 1. The first kappa shape index (κ1) is 15.2. The zero-order chi connectivity index (χ0) is 15.2. The maximum Gasteiger partial charge on any atom is 0.262 e. The molecule has 0 radical (unpaired) electrons. The molecule has 21 heavy (non-hydrogen) atoms. The summed E-state index contributed by atoms with van der Waals surface area (Å²) >= 11 is 3.33. The Morgan fingerprint density at radius 2 is 1.95 bits per heavy atom. The molecular formula is C15H15BrN2O3. The summed E-state index contributed by atoms with van der Waals surface area (Å²) in [5.41, 5.74) is 6.94. The van der Waals surface area contributed by atoms with Crippen molar-refractivity contribution in [1.29, 1.82) is 0 Å². The Morgan fingerprint density at radius 1 is 1.24 bits per heavy atom. The van der Waals surface area contributed by atoms with Crippen molar-refractivity contribution >= 4 is 33.2 Å². The number of nitrogens with one attached hydrogen (secondary N) is 1. The smallest absolute Gasteiger partial charge is 0.262 e. The van der Waals surface area contributed by atoms with Gasteiger partial charge in [-0.3, -0.25) is 4.79 Å². The van der Waals surface area contributed by atoms with Crippen LogP contribution < -0.4 is 20.5 Å². The van der Waals surface area contributed by atoms with Gasteiger partial charge in [-0.1, -0.05) is 6.07 Å². The fourth-order valence-electron chi connectivity index (χ4n) is 1.69. The lowest BCUT2D eigenvalue weighted by atomic mass is 10.3. The SMILES string of the molecule is COc1ccc(NC(=O)COc2c(N)cccc2Br)cc1. The summed E-state index contributed by atoms with van der Waals surface area (Å²) in [6.07, 6.45) is 0. The van der Waals surface area contributed by atoms with Crippen molar-refractivity contribution in [2.75, 3.05) is 24.8 Å². The summed E-state index contributed by atoms with van der Waals surface area (Å²) in [4.78, 5) is 11.8. The van der Waals surface area contributed by atoms with E-state index < -0.39 is 0 Å². The predicted octanol–water partition coefficient (Wildman–Crippen LogP) is 3.06. The first-order valence-corrected chi connectivity index (χ1v) is 7.00. The van der Waals surface area contributed by atoms with Gasteiger partial charge in [0.1, 0.15) is 5.75 Å². The standard InChI is InChI=1S/C15H15BrN2O3/c1-20-11-7-5-10(6-8-11)18-14(19)9-21-15-12(16)3-2-4-13(15)17/h2-8H,9,17H2,1H3,(H,18,19). The highest BCUT2D eigenvalue weighted by Crippen LogP contribution is 2.30. The van der Waals surface area contributed by atoms with E-state index in [2.05, 4.69) is 21.2 Å². The lowest BCUT2D eigenvalue weighted by molar-refractivity contribution is -0.118. The fraction of sp³-hybridized carbons (Fsp3) is 0.133. The number of benzene rings is 2. The number of hydrogen-bond acceptors (Lipinski definition) is 4. The van der Waals surface area contributed by atoms with Crippen LogP contribution in [-0.4, -0.2) is 19.6 Å². The van der Waals surface area contributed by atoms with E-state index in [4.69, 9.17) is 15.2 Å². The van der Waals surface area contributed by atoms with Crippen molar-refractivity contribution in [1.82, 2.24) is 0 Å². The molecule has 110 valence electrons. The number of anilines is 2. The molecule has 0 unspecified atom stereocenters. The Labute approximate surface area is 131 Å². The Hall–Kier alpha value is -2.21. The van der Waals surface area contributed by atoms with Crippen LogP contribution in [0.25, 0.3) is 0 Å². The molecule has 0 aliphatic rings. The highest BCUT2D eigenvalue weighted by Gasteiger charge is 2.09. The van der Waals surface area contributed by atoms with Crippen LogP contribution in [0, 0.1) is 0 Å². The number of halogens is 1. The predicted molar refractivity (Wildman–Crippen MR) is 85.7 cm³/mol. The molecule has 0 saturated carbocycles. The first-order chi connectivity index (χ1) is 10.1. The Morgan fingerprint density at radius 3 is 2.57 bits per heavy atom. The maximum absolute atomic E-state index is 11.8. The van der Waals surface area contributed by atoms with Gasteiger partial charge in [-0.25, -0.2) is 0 Å². The van der Waals surface area contributed by atoms with Crippen molar-refractivity contribution in [3.05, 3.63) is 46.9 Å². The second-order valence-electron chi connectivity index (χ2n) is 4.22. The van der Waals surface area contributed by atoms with Crippen molar-refractivity contribution in [2.24, 2.45) is 0 Å². The molecule has 0 fully saturated rings. The number of para-hydroxylation sites is 1. The van der Waals surface area contributed by atoms with Crippen LogP contribution >= 0.6 is 15.9 Å². The van der Waals surface area contributed by atoms with E-state index in [9.17, 15) is 4.79 Å². The van der Waals surface area contributed by atoms with E-state index in [0.29, 0.717) is 21.6 Å². The number of ether oxygens (including phenoxy) is 2. The van der Waals surface area contributed by atoms with Gasteiger partial charge >= 0.3 is 0 Å². The molecule has 3 N–H and O–H groups in total. The molecule has 0 spiro atoms. The van der Waals surface area contributed by atoms with Crippen molar-refractivity contribution in [3.8, 4) is 11.5 Å². The molecule has 0 atom stereocenters. The summed E-state index contributed by atoms with van der Waals surface area (Å²) in [7, 11) is 1.59. The first-order valence-electron chi connectivity index (χ1n) is 6.21. The quantitative estimate of drug-likeness (QED) is 0.812. The van der Waals surface area contributed by atoms with Crippen LogP contribution in [0.1, 0.15) is 0 Å². The van der Waals surface area contributed by atoms with Gasteiger partial charge in [0.25, 0.3) is 5.91 Å². The Kier molecular flexibility index (Phi) is 5.05. The second kappa shape index (κ2) is 6.99. The maximum atomic E-state index is 11.8. The van der Waals surface area contributed by atoms with Crippen molar-refractivity contribution < 1.29 is 14.3 Å². The van der Waals surface area contributed by atoms with Gasteiger partial charge in [-0.2, -0.15) is 0 Å². The molecule has 6 heteroatoms. The summed E-state index contributed by atoms with van der Waals surface area (Å²) in [6.45, 7) is -0.126. The number of carbonyl (C=O) groups excluding carboxylic acids is 1. The van der Waals surface area contributed by atoms with E-state index in [0.717, 1.165) is 5.75 Å². The number of hydrogen-bond donors (Lipinski definition) is 2. The van der Waals surface area contributed by atoms with Crippen molar-refractivity contribution in [2.45, 2.75) is 0 Å². The van der Waals surface area contributed by atoms with Crippen LogP contribution in [0.15, 0.2) is 46.9 Å². The summed E-state index contributed by atoms with van der Waals surface area (Å²) in [5, 5.41) is 2.73. The molecular weight excluding hydrogens is 336 g/mol. The molecule has 2 aromatic rings. The Balaban J connectivity index is 1.92. The summed E-state index contributed by atoms with van der Waals surface area (Å²) in [6, 6.07) is 12.3. The van der Waals surface area contributed by atoms with E-state index in [1.54, 1.807) is 49.6 Å². The van der Waals surface area contributed by atoms with E-state index in [1.807, 2.05) is 0 Å². The van der Waals surface area contributed by atoms with E-state index in [1.165, 1.54) is 0 Å². The number of nitrogen functional groups attached to an aromatic ring is 1. The minimum absolute atomic E-state index is 0.126. The topological polar surface area (TPSA) is 73.6 Å². The number of nitrogens with two attached hydrogens (primary N) is 1. The average molecular weight is 351 g/mol. The average Bonchev–Trinajstić information content (AvgIpc) is 2.47. The van der Waals surface area contributed by atoms with Gasteiger partial charge < -0.3 is 20.5 Å². The highest BCUT2D eigenvalue weighted by molar-refractivity contribution is 9.10. The van der Waals surface area contributed by atoms with Gasteiger partial charge in [-0.15, -0.1) is 0 Å². The van der Waals surface area contributed by atoms with Crippen LogP contribution in [0.5, 0.6) is 11.5 Å². The molecule has 1 amide bonds. The van der Waals surface area contributed by atoms with Crippen LogP contribution in [0.2, 0.25) is 0 Å². The third-order valence-corrected chi connectivity index (χ3v) is 3.34. The lowest BCUT2D eigenvalue weighted by Crippen LogP contribution is -2.20. The van der Waals surface area contributed by atoms with E-state index in [-0.39, 0.29) is 12.5 Å². The summed E-state index contributed by atoms with van der Waals surface area (Å²) in [5.74, 6) is 0.919. The minimum Gasteiger partial charge on any atom is -0.497 e. The molecule has 5 nitrogen and oxygen atoms in total. The molecule has 0 heterocycles. The van der Waals surface area contributed by atoms with Gasteiger partial charge in [0, 0.05) is 5.69 Å². The molecule has 0 saturated heterocycles. The monoisotopic (exact) mass is 350 g/mol. The van der Waals surface area contributed by atoms with Gasteiger partial charge in [0.05, 0.1) is 17.3 Å². The zero-order valence-electron chi connectivity index (χ0n) is 11.4. The molecule has 0 bridgehead atoms. The number of methoxy groups -OCH3 is 1.